The number of nitrogens with two attached hydrogens (primary N) is 1. The fourth-order valence-corrected chi connectivity index (χ4v) is 3.66. The topological polar surface area (TPSA) is 113 Å². The van der Waals surface area contributed by atoms with Crippen molar-refractivity contribution >= 4 is 45.8 Å². The summed E-state index contributed by atoms with van der Waals surface area (Å²) in [6, 6.07) is 9.42. The Bertz CT molecular complexity index is 971. The predicted octanol–water partition coefficient (Wildman–Crippen LogP) is 1.82. The van der Waals surface area contributed by atoms with Gasteiger partial charge >= 0.3 is 0 Å². The van der Waals surface area contributed by atoms with Gasteiger partial charge in [0.05, 0.1) is 11.4 Å². The first-order valence-electron chi connectivity index (χ1n) is 9.39. The minimum Gasteiger partial charge on any atom is -0.357 e. The Labute approximate surface area is 193 Å². The quantitative estimate of drug-likeness (QED) is 0.289. The Hall–Kier alpha value is -1.99. The van der Waals surface area contributed by atoms with Gasteiger partial charge in [0.25, 0.3) is 0 Å². The molecule has 164 valence electrons. The molecule has 0 radical (unpaired) electrons. The summed E-state index contributed by atoms with van der Waals surface area (Å²) in [6.45, 7) is 4.39. The number of nitrogens with one attached hydrogen (secondary N) is 2. The molecule has 1 saturated heterocycles. The second-order valence-electron chi connectivity index (χ2n) is 6.77. The number of sulfonamides is 1. The molecule has 1 atom stereocenters. The largest absolute Gasteiger partial charge is 0.357 e. The summed E-state index contributed by atoms with van der Waals surface area (Å²) < 4.78 is 36.6. The first kappa shape index (κ1) is 24.3. The molecule has 1 aromatic heterocycles. The van der Waals surface area contributed by atoms with Crippen LogP contribution in [0.4, 0.5) is 10.2 Å². The van der Waals surface area contributed by atoms with E-state index >= 15 is 0 Å². The molecular weight excluding hydrogens is 522 g/mol. The molecule has 4 N–H and O–H groups in total. The van der Waals surface area contributed by atoms with Crippen LogP contribution in [-0.2, 0) is 16.6 Å². The lowest BCUT2D eigenvalue weighted by atomic mass is 10.2. The molecule has 0 saturated carbocycles. The number of aliphatic imine (C=N–C) groups is 1. The standard InChI is InChI=1S/C19H25FN6O2S.HI/c1-2-22-19(24-12-14-5-7-16(8-6-14)29(21,27)28)25-15-9-11-26(13-15)18-17(20)4-3-10-23-18;/h3-8,10,15H,2,9,11-13H2,1H3,(H2,21,27,28)(H2,22,24,25);1H. The number of nitrogens with zero attached hydrogens (tertiary/aromatic N) is 3. The highest BCUT2D eigenvalue weighted by molar-refractivity contribution is 14.0. The van der Waals surface area contributed by atoms with Gasteiger partial charge in [-0.1, -0.05) is 12.1 Å². The van der Waals surface area contributed by atoms with Gasteiger partial charge < -0.3 is 15.5 Å². The number of rotatable bonds is 6. The Balaban J connectivity index is 0.00000320. The van der Waals surface area contributed by atoms with Gasteiger partial charge in [-0.15, -0.1) is 24.0 Å². The van der Waals surface area contributed by atoms with E-state index < -0.39 is 10.0 Å². The third-order valence-electron chi connectivity index (χ3n) is 4.58. The zero-order valence-corrected chi connectivity index (χ0v) is 19.7. The Morgan fingerprint density at radius 2 is 2.07 bits per heavy atom. The number of pyridine rings is 1. The third-order valence-corrected chi connectivity index (χ3v) is 5.51. The van der Waals surface area contributed by atoms with E-state index in [2.05, 4.69) is 20.6 Å². The van der Waals surface area contributed by atoms with Crippen molar-refractivity contribution in [2.75, 3.05) is 24.5 Å². The maximum atomic E-state index is 14.0. The Morgan fingerprint density at radius 3 is 2.70 bits per heavy atom. The van der Waals surface area contributed by atoms with Crippen molar-refractivity contribution in [3.8, 4) is 0 Å². The number of hydrogen-bond acceptors (Lipinski definition) is 5. The normalized spacial score (nSPS) is 16.8. The van der Waals surface area contributed by atoms with Gasteiger partial charge in [-0.05, 0) is 43.2 Å². The molecule has 2 heterocycles. The maximum absolute atomic E-state index is 14.0. The van der Waals surface area contributed by atoms with Crippen molar-refractivity contribution < 1.29 is 12.8 Å². The van der Waals surface area contributed by atoms with E-state index in [4.69, 9.17) is 5.14 Å². The van der Waals surface area contributed by atoms with Crippen LogP contribution in [0.5, 0.6) is 0 Å². The molecule has 11 heteroatoms. The summed E-state index contributed by atoms with van der Waals surface area (Å²) in [5.74, 6) is 0.696. The van der Waals surface area contributed by atoms with Gasteiger partial charge in [-0.3, -0.25) is 0 Å². The summed E-state index contributed by atoms with van der Waals surface area (Å²) in [4.78, 5) is 10.7. The number of aromatic nitrogens is 1. The molecule has 1 fully saturated rings. The van der Waals surface area contributed by atoms with Gasteiger partial charge in [0, 0.05) is 31.9 Å². The summed E-state index contributed by atoms with van der Waals surface area (Å²) in [5, 5.41) is 11.7. The lowest BCUT2D eigenvalue weighted by Crippen LogP contribution is -2.44. The first-order chi connectivity index (χ1) is 13.9. The van der Waals surface area contributed by atoms with Crippen LogP contribution < -0.4 is 20.7 Å². The van der Waals surface area contributed by atoms with E-state index in [1.165, 1.54) is 18.2 Å². The molecule has 0 spiro atoms. The molecule has 1 aromatic carbocycles. The second-order valence-corrected chi connectivity index (χ2v) is 8.33. The van der Waals surface area contributed by atoms with Crippen molar-refractivity contribution in [2.24, 2.45) is 10.1 Å². The number of benzene rings is 1. The van der Waals surface area contributed by atoms with Crippen LogP contribution in [0.2, 0.25) is 0 Å². The average molecular weight is 548 g/mol. The van der Waals surface area contributed by atoms with E-state index in [-0.39, 0.29) is 40.7 Å². The maximum Gasteiger partial charge on any atom is 0.238 e. The smallest absolute Gasteiger partial charge is 0.238 e. The van der Waals surface area contributed by atoms with Gasteiger partial charge in [0.1, 0.15) is 0 Å². The fourth-order valence-electron chi connectivity index (χ4n) is 3.15. The van der Waals surface area contributed by atoms with E-state index in [9.17, 15) is 12.8 Å². The van der Waals surface area contributed by atoms with E-state index in [0.717, 1.165) is 12.0 Å². The molecule has 30 heavy (non-hydrogen) atoms. The SMILES string of the molecule is CCNC(=NCc1ccc(S(N)(=O)=O)cc1)NC1CCN(c2ncccc2F)C1.I. The molecule has 1 aliphatic rings. The number of guanidine groups is 1. The molecule has 1 aliphatic heterocycles. The van der Waals surface area contributed by atoms with Crippen molar-refractivity contribution in [3.05, 3.63) is 54.0 Å². The van der Waals surface area contributed by atoms with Crippen molar-refractivity contribution in [1.29, 1.82) is 0 Å². The monoisotopic (exact) mass is 548 g/mol. The molecule has 3 rings (SSSR count). The lowest BCUT2D eigenvalue weighted by molar-refractivity contribution is 0.597. The van der Waals surface area contributed by atoms with Crippen LogP contribution in [0.3, 0.4) is 0 Å². The molecule has 0 aliphatic carbocycles. The van der Waals surface area contributed by atoms with Crippen molar-refractivity contribution in [3.63, 3.8) is 0 Å². The zero-order valence-electron chi connectivity index (χ0n) is 16.6. The van der Waals surface area contributed by atoms with Crippen LogP contribution >= 0.6 is 24.0 Å². The van der Waals surface area contributed by atoms with Crippen LogP contribution in [0.25, 0.3) is 0 Å². The summed E-state index contributed by atoms with van der Waals surface area (Å²) in [6.07, 6.45) is 2.43. The number of halogens is 2. The number of hydrogen-bond donors (Lipinski definition) is 3. The molecule has 1 unspecified atom stereocenters. The van der Waals surface area contributed by atoms with Crippen LogP contribution in [0, 0.1) is 5.82 Å². The average Bonchev–Trinajstić information content (AvgIpc) is 3.14. The Kier molecular flexibility index (Phi) is 8.79. The van der Waals surface area contributed by atoms with Crippen LogP contribution in [0.15, 0.2) is 52.5 Å². The lowest BCUT2D eigenvalue weighted by Gasteiger charge is -2.20. The van der Waals surface area contributed by atoms with Crippen molar-refractivity contribution in [2.45, 2.75) is 30.8 Å². The highest BCUT2D eigenvalue weighted by Gasteiger charge is 2.25. The highest BCUT2D eigenvalue weighted by Crippen LogP contribution is 2.20. The molecule has 0 amide bonds. The number of anilines is 1. The fraction of sp³-hybridized carbons (Fsp3) is 0.368. The molecule has 0 bridgehead atoms. The zero-order chi connectivity index (χ0) is 20.9. The molecule has 8 nitrogen and oxygen atoms in total. The van der Waals surface area contributed by atoms with Crippen LogP contribution in [0.1, 0.15) is 18.9 Å². The van der Waals surface area contributed by atoms with E-state index in [1.54, 1.807) is 24.4 Å². The molecular formula is C19H26FIN6O2S. The summed E-state index contributed by atoms with van der Waals surface area (Å²) in [7, 11) is -3.70. The molecule has 2 aromatic rings. The second kappa shape index (κ2) is 10.9. The van der Waals surface area contributed by atoms with Gasteiger partial charge in [0.2, 0.25) is 10.0 Å². The third kappa shape index (κ3) is 6.51. The summed E-state index contributed by atoms with van der Waals surface area (Å²) >= 11 is 0. The minimum atomic E-state index is -3.70. The summed E-state index contributed by atoms with van der Waals surface area (Å²) in [5.41, 5.74) is 0.859. The van der Waals surface area contributed by atoms with Crippen molar-refractivity contribution in [1.82, 2.24) is 15.6 Å². The minimum absolute atomic E-state index is 0. The van der Waals surface area contributed by atoms with Gasteiger partial charge in [-0.2, -0.15) is 0 Å². The highest BCUT2D eigenvalue weighted by atomic mass is 127. The van der Waals surface area contributed by atoms with E-state index in [0.29, 0.717) is 38.0 Å². The van der Waals surface area contributed by atoms with Gasteiger partial charge in [0.15, 0.2) is 17.6 Å². The predicted molar refractivity (Wildman–Crippen MR) is 126 cm³/mol. The van der Waals surface area contributed by atoms with Crippen LogP contribution in [-0.4, -0.2) is 45.0 Å². The number of primary sulfonamides is 1. The van der Waals surface area contributed by atoms with Gasteiger partial charge in [-0.25, -0.2) is 27.9 Å². The first-order valence-corrected chi connectivity index (χ1v) is 10.9. The Morgan fingerprint density at radius 1 is 1.33 bits per heavy atom. The van der Waals surface area contributed by atoms with E-state index in [1.807, 2.05) is 11.8 Å².